The van der Waals surface area contributed by atoms with E-state index in [2.05, 4.69) is 19.9 Å². The fourth-order valence-corrected chi connectivity index (χ4v) is 3.41. The Morgan fingerprint density at radius 1 is 0.700 bits per heavy atom. The van der Waals surface area contributed by atoms with E-state index in [0.29, 0.717) is 12.1 Å². The van der Waals surface area contributed by atoms with Crippen molar-refractivity contribution in [3.05, 3.63) is 84.0 Å². The monoisotopic (exact) mass is 600 g/mol. The Bertz CT molecular complexity index is 1510. The quantitative estimate of drug-likeness (QED) is 0.172. The van der Waals surface area contributed by atoms with Crippen LogP contribution in [-0.4, -0.2) is 68.3 Å². The van der Waals surface area contributed by atoms with Crippen molar-refractivity contribution >= 4 is 32.2 Å². The van der Waals surface area contributed by atoms with Crippen molar-refractivity contribution in [1.29, 1.82) is 0 Å². The Morgan fingerprint density at radius 2 is 1.02 bits per heavy atom. The smallest absolute Gasteiger partial charge is 0.339 e. The van der Waals surface area contributed by atoms with Gasteiger partial charge in [0.25, 0.3) is 0 Å². The van der Waals surface area contributed by atoms with Gasteiger partial charge in [0, 0.05) is 13.8 Å². The lowest BCUT2D eigenvalue weighted by molar-refractivity contribution is -0.376. The zero-order valence-electron chi connectivity index (χ0n) is 20.6. The third kappa shape index (κ3) is 11.3. The van der Waals surface area contributed by atoms with Crippen LogP contribution in [0.5, 0.6) is 11.5 Å². The van der Waals surface area contributed by atoms with Crippen LogP contribution in [0.1, 0.15) is 32.1 Å². The minimum absolute atomic E-state index is 0.593. The first-order valence-electron chi connectivity index (χ1n) is 10.5. The number of phenols is 2. The van der Waals surface area contributed by atoms with Crippen LogP contribution in [0, 0.1) is 13.8 Å². The van der Waals surface area contributed by atoms with Crippen molar-refractivity contribution in [3.63, 3.8) is 0 Å². The second kappa shape index (κ2) is 14.4. The summed E-state index contributed by atoms with van der Waals surface area (Å²) in [5.41, 5.74) is 1.08. The van der Waals surface area contributed by atoms with E-state index in [1.165, 1.54) is 0 Å². The summed E-state index contributed by atoms with van der Waals surface area (Å²) in [4.78, 5) is 31.2. The van der Waals surface area contributed by atoms with Gasteiger partial charge in [-0.2, -0.15) is 0 Å². The second-order valence-electron chi connectivity index (χ2n) is 7.44. The molecule has 2 aromatic carbocycles. The van der Waals surface area contributed by atoms with Gasteiger partial charge in [0.2, 0.25) is 12.7 Å². The molecule has 4 aromatic rings. The molecule has 2 heterocycles. The number of hydrogen-bond acceptors (Lipinski definition) is 10. The molecular weight excluding hydrogens is 576 g/mol. The fraction of sp³-hybridized carbons (Fsp3) is 0.0909. The van der Waals surface area contributed by atoms with Gasteiger partial charge in [-0.25, -0.2) is 36.4 Å². The van der Waals surface area contributed by atoms with Gasteiger partial charge in [-0.15, -0.1) is 0 Å². The molecule has 0 unspecified atom stereocenters. The molecule has 0 aliphatic heterocycles. The number of aromatic nitrogens is 4. The number of imidazole rings is 2. The molecule has 8 N–H and O–H groups in total. The highest BCUT2D eigenvalue weighted by atomic mass is 32.2. The maximum atomic E-state index is 10.5. The van der Waals surface area contributed by atoms with Gasteiger partial charge >= 0.3 is 11.9 Å². The van der Waals surface area contributed by atoms with Crippen molar-refractivity contribution in [3.8, 4) is 11.5 Å². The van der Waals surface area contributed by atoms with Crippen LogP contribution in [0.2, 0.25) is 0 Å². The third-order valence-electron chi connectivity index (χ3n) is 4.34. The van der Waals surface area contributed by atoms with Crippen LogP contribution in [-0.2, 0) is 20.2 Å². The number of rotatable bonds is 4. The molecule has 4 rings (SSSR count). The molecule has 40 heavy (non-hydrogen) atoms. The minimum Gasteiger partial charge on any atom is -0.744 e. The van der Waals surface area contributed by atoms with E-state index in [9.17, 15) is 35.5 Å². The number of hydrogen-bond donors (Lipinski definition) is 6. The van der Waals surface area contributed by atoms with E-state index in [0.717, 1.165) is 35.7 Å². The molecule has 0 fully saturated rings. The Labute approximate surface area is 227 Å². The van der Waals surface area contributed by atoms with E-state index >= 15 is 0 Å². The summed E-state index contributed by atoms with van der Waals surface area (Å²) in [6.07, 6.45) is 7.38. The maximum absolute atomic E-state index is 10.5. The van der Waals surface area contributed by atoms with Crippen LogP contribution in [0.3, 0.4) is 0 Å². The molecule has 0 saturated carbocycles. The molecule has 0 radical (unpaired) electrons. The molecule has 216 valence electrons. The van der Waals surface area contributed by atoms with Crippen LogP contribution >= 0.6 is 0 Å². The molecule has 0 bridgehead atoms. The number of aromatic hydroxyl groups is 2. The highest BCUT2D eigenvalue weighted by molar-refractivity contribution is 7.86. The summed E-state index contributed by atoms with van der Waals surface area (Å²) in [6.45, 7) is 3.99. The Kier molecular flexibility index (Phi) is 12.0. The van der Waals surface area contributed by atoms with E-state index in [1.807, 2.05) is 26.2 Å². The molecule has 18 heteroatoms. The van der Waals surface area contributed by atoms with E-state index in [1.54, 1.807) is 12.7 Å². The zero-order chi connectivity index (χ0) is 30.7. The Balaban J connectivity index is 0.000000286. The zero-order valence-corrected chi connectivity index (χ0v) is 22.3. The van der Waals surface area contributed by atoms with Crippen LogP contribution in [0.15, 0.2) is 71.2 Å². The average molecular weight is 601 g/mol. The van der Waals surface area contributed by atoms with Crippen molar-refractivity contribution in [2.24, 2.45) is 0 Å². The SMILES string of the molecule is Cc1c[nH+]c[nH]1.Cc1c[nH+]c[nH]1.O=C(O)c1cc(S(=O)(=O)[O-])ccc1O.O=C(O)c1cc(S(=O)(=O)[O-])ccc1O. The van der Waals surface area contributed by atoms with E-state index < -0.39 is 64.6 Å². The summed E-state index contributed by atoms with van der Waals surface area (Å²) in [7, 11) is -9.40. The summed E-state index contributed by atoms with van der Waals surface area (Å²) >= 11 is 0. The first-order valence-corrected chi connectivity index (χ1v) is 13.3. The van der Waals surface area contributed by atoms with Gasteiger partial charge < -0.3 is 29.5 Å². The third-order valence-corrected chi connectivity index (χ3v) is 6.00. The largest absolute Gasteiger partial charge is 0.744 e. The molecule has 16 nitrogen and oxygen atoms in total. The second-order valence-corrected chi connectivity index (χ2v) is 10.2. The van der Waals surface area contributed by atoms with Crippen molar-refractivity contribution in [2.45, 2.75) is 23.6 Å². The van der Waals surface area contributed by atoms with Crippen molar-refractivity contribution in [2.75, 3.05) is 0 Å². The summed E-state index contributed by atoms with van der Waals surface area (Å²) in [6, 6.07) is 4.58. The summed E-state index contributed by atoms with van der Waals surface area (Å²) < 4.78 is 62.9. The van der Waals surface area contributed by atoms with E-state index in [-0.39, 0.29) is 0 Å². The first-order chi connectivity index (χ1) is 18.4. The molecule has 2 aromatic heterocycles. The highest BCUT2D eigenvalue weighted by Gasteiger charge is 2.13. The number of aromatic carboxylic acids is 2. The number of H-pyrrole nitrogens is 4. The summed E-state index contributed by atoms with van der Waals surface area (Å²) in [5.74, 6) is -4.20. The minimum atomic E-state index is -4.70. The van der Waals surface area contributed by atoms with E-state index in [4.69, 9.17) is 20.4 Å². The maximum Gasteiger partial charge on any atom is 0.339 e. The van der Waals surface area contributed by atoms with Gasteiger partial charge in [0.1, 0.15) is 66.6 Å². The lowest BCUT2D eigenvalue weighted by Crippen LogP contribution is -2.03. The van der Waals surface area contributed by atoms with Crippen LogP contribution in [0.25, 0.3) is 0 Å². The Morgan fingerprint density at radius 3 is 1.20 bits per heavy atom. The van der Waals surface area contributed by atoms with Crippen LogP contribution in [0.4, 0.5) is 0 Å². The molecule has 0 aliphatic carbocycles. The molecule has 0 atom stereocenters. The number of carboxylic acid groups (broad SMARTS) is 2. The van der Waals surface area contributed by atoms with Gasteiger partial charge in [0.15, 0.2) is 0 Å². The normalized spacial score (nSPS) is 10.5. The Hall–Kier alpha value is -4.78. The highest BCUT2D eigenvalue weighted by Crippen LogP contribution is 2.21. The number of carboxylic acids is 2. The first kappa shape index (κ1) is 33.2. The molecule has 0 amide bonds. The molecule has 0 saturated heterocycles. The summed E-state index contributed by atoms with van der Waals surface area (Å²) in [5, 5.41) is 35.0. The molecule has 0 aliphatic rings. The fourth-order valence-electron chi connectivity index (χ4n) is 2.41. The molecular formula is C22H24N4O12S2. The van der Waals surface area contributed by atoms with Gasteiger partial charge in [-0.1, -0.05) is 0 Å². The van der Waals surface area contributed by atoms with Gasteiger partial charge in [0.05, 0.1) is 9.79 Å². The lowest BCUT2D eigenvalue weighted by atomic mass is 10.2. The van der Waals surface area contributed by atoms with Gasteiger partial charge in [-0.3, -0.25) is 9.97 Å². The predicted molar refractivity (Wildman–Crippen MR) is 130 cm³/mol. The number of nitrogens with one attached hydrogen (secondary N) is 4. The standard InChI is InChI=1S/2C7H6O6S.2C4H6N2/c2*8-6-2-1-4(14(11,12)13)3-5(6)7(9)10;2*1-4-2-5-3-6-4/h2*1-3,8H,(H,9,10)(H,11,12,13);2*2-3H,1H3,(H,5,6). The van der Waals surface area contributed by atoms with Gasteiger partial charge in [-0.05, 0) is 36.4 Å². The van der Waals surface area contributed by atoms with Crippen LogP contribution < -0.4 is 9.97 Å². The number of carbonyl (C=O) groups is 2. The number of benzene rings is 2. The number of aromatic amines is 4. The lowest BCUT2D eigenvalue weighted by Gasteiger charge is -2.08. The van der Waals surface area contributed by atoms with Crippen molar-refractivity contribution < 1.29 is 65.9 Å². The molecule has 0 spiro atoms. The number of aryl methyl sites for hydroxylation is 2. The topological polar surface area (TPSA) is 289 Å². The average Bonchev–Trinajstić information content (AvgIpc) is 3.52. The predicted octanol–water partition coefficient (Wildman–Crippen LogP) is 0.263. The van der Waals surface area contributed by atoms with Crippen molar-refractivity contribution in [1.82, 2.24) is 9.97 Å².